The van der Waals surface area contributed by atoms with Crippen molar-refractivity contribution in [1.29, 1.82) is 0 Å². The quantitative estimate of drug-likeness (QED) is 0.725. The molecule has 0 bridgehead atoms. The number of nitrogens with zero attached hydrogens (tertiary/aromatic N) is 2. The van der Waals surface area contributed by atoms with Crippen LogP contribution in [0.15, 0.2) is 6.07 Å². The molecule has 1 N–H and O–H groups in total. The molecule has 0 spiro atoms. The third-order valence-electron chi connectivity index (χ3n) is 2.08. The van der Waals surface area contributed by atoms with Gasteiger partial charge in [-0.1, -0.05) is 13.8 Å². The lowest BCUT2D eigenvalue weighted by atomic mass is 10.3. The summed E-state index contributed by atoms with van der Waals surface area (Å²) < 4.78 is 7.37. The number of hydrogen-bond donors (Lipinski definition) is 1. The predicted octanol–water partition coefficient (Wildman–Crippen LogP) is 1.50. The zero-order chi connectivity index (χ0) is 11.3. The van der Waals surface area contributed by atoms with Crippen LogP contribution in [0.2, 0.25) is 0 Å². The summed E-state index contributed by atoms with van der Waals surface area (Å²) in [5.74, 6) is 0.844. The number of hydrogen-bond acceptors (Lipinski definition) is 3. The lowest BCUT2D eigenvalue weighted by Gasteiger charge is -2.08. The molecule has 4 heteroatoms. The highest BCUT2D eigenvalue weighted by atomic mass is 16.5. The molecular weight excluding hydrogens is 190 g/mol. The zero-order valence-corrected chi connectivity index (χ0v) is 10.1. The molecule has 0 aliphatic rings. The monoisotopic (exact) mass is 211 g/mol. The van der Waals surface area contributed by atoms with Crippen molar-refractivity contribution >= 4 is 0 Å². The van der Waals surface area contributed by atoms with E-state index in [4.69, 9.17) is 4.74 Å². The van der Waals surface area contributed by atoms with E-state index >= 15 is 0 Å². The van der Waals surface area contributed by atoms with Crippen LogP contribution in [0.25, 0.3) is 0 Å². The molecule has 0 aromatic carbocycles. The molecular formula is C11H21N3O. The van der Waals surface area contributed by atoms with Crippen LogP contribution in [-0.2, 0) is 7.05 Å². The minimum absolute atomic E-state index is 0.545. The summed E-state index contributed by atoms with van der Waals surface area (Å²) in [4.78, 5) is 0. The van der Waals surface area contributed by atoms with Gasteiger partial charge < -0.3 is 10.1 Å². The first kappa shape index (κ1) is 12.0. The summed E-state index contributed by atoms with van der Waals surface area (Å²) in [5, 5.41) is 7.56. The van der Waals surface area contributed by atoms with Crippen LogP contribution in [0.1, 0.15) is 26.0 Å². The fraction of sp³-hybridized carbons (Fsp3) is 0.727. The van der Waals surface area contributed by atoms with Crippen molar-refractivity contribution in [2.75, 3.05) is 13.2 Å². The Morgan fingerprint density at radius 3 is 2.80 bits per heavy atom. The second kappa shape index (κ2) is 5.75. The topological polar surface area (TPSA) is 39.1 Å². The average molecular weight is 211 g/mol. The second-order valence-electron chi connectivity index (χ2n) is 4.06. The predicted molar refractivity (Wildman–Crippen MR) is 61.2 cm³/mol. The highest BCUT2D eigenvalue weighted by Crippen LogP contribution is 2.10. The number of ether oxygens (including phenoxy) is 1. The third kappa shape index (κ3) is 4.34. The molecule has 1 heterocycles. The third-order valence-corrected chi connectivity index (χ3v) is 2.08. The molecule has 15 heavy (non-hydrogen) atoms. The molecule has 4 nitrogen and oxygen atoms in total. The summed E-state index contributed by atoms with van der Waals surface area (Å²) in [6, 6.07) is 2.50. The molecule has 0 atom stereocenters. The van der Waals surface area contributed by atoms with Crippen molar-refractivity contribution < 1.29 is 4.74 Å². The van der Waals surface area contributed by atoms with E-state index in [-0.39, 0.29) is 0 Å². The second-order valence-corrected chi connectivity index (χ2v) is 4.06. The van der Waals surface area contributed by atoms with Crippen molar-refractivity contribution in [3.05, 3.63) is 11.8 Å². The Morgan fingerprint density at radius 2 is 2.27 bits per heavy atom. The molecule has 0 radical (unpaired) electrons. The number of nitrogens with one attached hydrogen (secondary N) is 1. The van der Waals surface area contributed by atoms with Gasteiger partial charge >= 0.3 is 0 Å². The van der Waals surface area contributed by atoms with Crippen molar-refractivity contribution in [3.63, 3.8) is 0 Å². The van der Waals surface area contributed by atoms with E-state index in [1.807, 2.05) is 20.0 Å². The Balaban J connectivity index is 2.17. The Morgan fingerprint density at radius 1 is 1.53 bits per heavy atom. The minimum Gasteiger partial charge on any atom is -0.478 e. The molecule has 0 saturated heterocycles. The Kier molecular flexibility index (Phi) is 4.62. The van der Waals surface area contributed by atoms with E-state index in [1.165, 1.54) is 0 Å². The number of aromatic nitrogens is 2. The Hall–Kier alpha value is -1.03. The van der Waals surface area contributed by atoms with Crippen molar-refractivity contribution in [1.82, 2.24) is 15.1 Å². The van der Waals surface area contributed by atoms with Crippen molar-refractivity contribution in [2.24, 2.45) is 7.05 Å². The summed E-state index contributed by atoms with van der Waals surface area (Å²) in [7, 11) is 1.90. The molecule has 0 unspecified atom stereocenters. The molecule has 1 aromatic heterocycles. The molecule has 0 amide bonds. The zero-order valence-electron chi connectivity index (χ0n) is 10.1. The Bertz CT molecular complexity index is 294. The Labute approximate surface area is 91.6 Å². The summed E-state index contributed by atoms with van der Waals surface area (Å²) >= 11 is 0. The number of rotatable bonds is 6. The van der Waals surface area contributed by atoms with Gasteiger partial charge in [-0.2, -0.15) is 5.10 Å². The van der Waals surface area contributed by atoms with E-state index in [0.29, 0.717) is 6.04 Å². The van der Waals surface area contributed by atoms with Crippen LogP contribution >= 0.6 is 0 Å². The van der Waals surface area contributed by atoms with Crippen LogP contribution in [0.4, 0.5) is 0 Å². The molecule has 1 rings (SSSR count). The maximum absolute atomic E-state index is 5.60. The lowest BCUT2D eigenvalue weighted by molar-refractivity contribution is 0.281. The van der Waals surface area contributed by atoms with Gasteiger partial charge in [-0.3, -0.25) is 0 Å². The molecule has 0 aliphatic heterocycles. The SMILES string of the molecule is Cc1cc(OCCCNC(C)C)n(C)n1. The molecule has 1 aromatic rings. The molecule has 86 valence electrons. The van der Waals surface area contributed by atoms with Crippen LogP contribution in [0, 0.1) is 6.92 Å². The van der Waals surface area contributed by atoms with Gasteiger partial charge in [0.15, 0.2) is 0 Å². The normalized spacial score (nSPS) is 11.0. The van der Waals surface area contributed by atoms with Gasteiger partial charge in [0.1, 0.15) is 0 Å². The standard InChI is InChI=1S/C11H21N3O/c1-9(2)12-6-5-7-15-11-8-10(3)13-14(11)4/h8-9,12H,5-7H2,1-4H3. The van der Waals surface area contributed by atoms with E-state index in [0.717, 1.165) is 31.1 Å². The molecule has 0 fully saturated rings. The van der Waals surface area contributed by atoms with Crippen LogP contribution in [0.5, 0.6) is 5.88 Å². The van der Waals surface area contributed by atoms with E-state index < -0.39 is 0 Å². The molecule has 0 aliphatic carbocycles. The van der Waals surface area contributed by atoms with E-state index in [1.54, 1.807) is 4.68 Å². The first-order chi connectivity index (χ1) is 7.09. The lowest BCUT2D eigenvalue weighted by Crippen LogP contribution is -2.24. The van der Waals surface area contributed by atoms with Gasteiger partial charge in [-0.15, -0.1) is 0 Å². The van der Waals surface area contributed by atoms with Gasteiger partial charge in [0, 0.05) is 19.2 Å². The largest absolute Gasteiger partial charge is 0.478 e. The van der Waals surface area contributed by atoms with Gasteiger partial charge in [-0.05, 0) is 19.9 Å². The van der Waals surface area contributed by atoms with Crippen LogP contribution < -0.4 is 10.1 Å². The summed E-state index contributed by atoms with van der Waals surface area (Å²) in [6.45, 7) is 7.98. The van der Waals surface area contributed by atoms with E-state index in [2.05, 4.69) is 24.3 Å². The highest BCUT2D eigenvalue weighted by Gasteiger charge is 2.01. The fourth-order valence-corrected chi connectivity index (χ4v) is 1.36. The van der Waals surface area contributed by atoms with Gasteiger partial charge in [0.2, 0.25) is 5.88 Å². The minimum atomic E-state index is 0.545. The van der Waals surface area contributed by atoms with E-state index in [9.17, 15) is 0 Å². The van der Waals surface area contributed by atoms with Crippen LogP contribution in [-0.4, -0.2) is 29.0 Å². The maximum Gasteiger partial charge on any atom is 0.211 e. The smallest absolute Gasteiger partial charge is 0.211 e. The summed E-state index contributed by atoms with van der Waals surface area (Å²) in [6.07, 6.45) is 1.02. The highest BCUT2D eigenvalue weighted by molar-refractivity contribution is 5.14. The first-order valence-electron chi connectivity index (χ1n) is 5.46. The van der Waals surface area contributed by atoms with Gasteiger partial charge in [-0.25, -0.2) is 4.68 Å². The van der Waals surface area contributed by atoms with Gasteiger partial charge in [0.25, 0.3) is 0 Å². The molecule has 0 saturated carbocycles. The fourth-order valence-electron chi connectivity index (χ4n) is 1.36. The van der Waals surface area contributed by atoms with Crippen molar-refractivity contribution in [2.45, 2.75) is 33.2 Å². The van der Waals surface area contributed by atoms with Crippen molar-refractivity contribution in [3.8, 4) is 5.88 Å². The summed E-state index contributed by atoms with van der Waals surface area (Å²) in [5.41, 5.74) is 0.993. The first-order valence-corrected chi connectivity index (χ1v) is 5.46. The number of aryl methyl sites for hydroxylation is 2. The average Bonchev–Trinajstić information content (AvgIpc) is 2.44. The maximum atomic E-state index is 5.60. The van der Waals surface area contributed by atoms with Crippen LogP contribution in [0.3, 0.4) is 0 Å². The van der Waals surface area contributed by atoms with Gasteiger partial charge in [0.05, 0.1) is 12.3 Å².